The second-order valence-corrected chi connectivity index (χ2v) is 3.00. The lowest BCUT2D eigenvalue weighted by Gasteiger charge is -2.14. The molecule has 18 heavy (non-hydrogen) atoms. The number of carbonyl (C=O) groups excluding carboxylic acids is 3. The van der Waals surface area contributed by atoms with Gasteiger partial charge in [-0.1, -0.05) is 0 Å². The molecule has 7 nitrogen and oxygen atoms in total. The first-order valence-electron chi connectivity index (χ1n) is 5.67. The first-order valence-corrected chi connectivity index (χ1v) is 5.67. The highest BCUT2D eigenvalue weighted by atomic mass is 16.6. The standard InChI is InChI=1S/C11H18O7/c1-4-15-8(12)7-18-9(10(13)16-5-2)11(14)17-6-3/h9H,4-7H2,1-3H3. The van der Waals surface area contributed by atoms with Gasteiger partial charge in [0, 0.05) is 0 Å². The van der Waals surface area contributed by atoms with E-state index < -0.39 is 30.6 Å². The predicted octanol–water partition coefficient (Wildman–Crippen LogP) is 0.0609. The maximum atomic E-state index is 11.4. The van der Waals surface area contributed by atoms with Gasteiger partial charge in [0.25, 0.3) is 6.10 Å². The zero-order valence-electron chi connectivity index (χ0n) is 10.8. The Labute approximate surface area is 105 Å². The van der Waals surface area contributed by atoms with Crippen molar-refractivity contribution in [2.24, 2.45) is 0 Å². The van der Waals surface area contributed by atoms with E-state index in [1.165, 1.54) is 0 Å². The lowest BCUT2D eigenvalue weighted by molar-refractivity contribution is -0.175. The molecule has 0 heterocycles. The highest BCUT2D eigenvalue weighted by Gasteiger charge is 2.31. The molecular weight excluding hydrogens is 244 g/mol. The maximum Gasteiger partial charge on any atom is 0.347 e. The molecule has 0 saturated heterocycles. The monoisotopic (exact) mass is 262 g/mol. The van der Waals surface area contributed by atoms with Crippen LogP contribution in [0.25, 0.3) is 0 Å². The molecule has 0 bridgehead atoms. The summed E-state index contributed by atoms with van der Waals surface area (Å²) in [6, 6.07) is 0. The normalized spacial score (nSPS) is 10.0. The van der Waals surface area contributed by atoms with Gasteiger partial charge in [-0.3, -0.25) is 0 Å². The minimum atomic E-state index is -1.56. The summed E-state index contributed by atoms with van der Waals surface area (Å²) in [5, 5.41) is 0. The van der Waals surface area contributed by atoms with Gasteiger partial charge < -0.3 is 18.9 Å². The van der Waals surface area contributed by atoms with E-state index in [-0.39, 0.29) is 19.8 Å². The molecule has 0 amide bonds. The maximum absolute atomic E-state index is 11.4. The van der Waals surface area contributed by atoms with Gasteiger partial charge in [-0.2, -0.15) is 0 Å². The molecule has 0 fully saturated rings. The summed E-state index contributed by atoms with van der Waals surface area (Å²) in [6.07, 6.45) is -1.56. The van der Waals surface area contributed by atoms with Crippen molar-refractivity contribution in [3.63, 3.8) is 0 Å². The van der Waals surface area contributed by atoms with Gasteiger partial charge in [-0.05, 0) is 20.8 Å². The van der Waals surface area contributed by atoms with Crippen LogP contribution in [0.2, 0.25) is 0 Å². The van der Waals surface area contributed by atoms with E-state index in [2.05, 4.69) is 14.2 Å². The van der Waals surface area contributed by atoms with E-state index in [1.807, 2.05) is 0 Å². The molecule has 0 aliphatic carbocycles. The molecule has 7 heteroatoms. The molecule has 0 spiro atoms. The van der Waals surface area contributed by atoms with Gasteiger partial charge in [-0.25, -0.2) is 14.4 Å². The number of hydrogen-bond acceptors (Lipinski definition) is 7. The van der Waals surface area contributed by atoms with Crippen molar-refractivity contribution >= 4 is 17.9 Å². The zero-order valence-corrected chi connectivity index (χ0v) is 10.8. The van der Waals surface area contributed by atoms with E-state index in [0.29, 0.717) is 0 Å². The van der Waals surface area contributed by atoms with Gasteiger partial charge in [0.2, 0.25) is 0 Å². The van der Waals surface area contributed by atoms with Gasteiger partial charge in [0.05, 0.1) is 19.8 Å². The average molecular weight is 262 g/mol. The topological polar surface area (TPSA) is 88.1 Å². The Kier molecular flexibility index (Phi) is 8.55. The Bertz CT molecular complexity index is 269. The Balaban J connectivity index is 4.42. The van der Waals surface area contributed by atoms with Crippen molar-refractivity contribution < 1.29 is 33.3 Å². The fraction of sp³-hybridized carbons (Fsp3) is 0.727. The third-order valence-corrected chi connectivity index (χ3v) is 1.67. The molecule has 0 unspecified atom stereocenters. The molecule has 0 aliphatic heterocycles. The molecule has 0 saturated carbocycles. The van der Waals surface area contributed by atoms with Crippen LogP contribution in [0.1, 0.15) is 20.8 Å². The predicted molar refractivity (Wildman–Crippen MR) is 59.6 cm³/mol. The number of esters is 3. The third kappa shape index (κ3) is 6.19. The van der Waals surface area contributed by atoms with E-state index in [9.17, 15) is 14.4 Å². The van der Waals surface area contributed by atoms with Crippen LogP contribution in [0.4, 0.5) is 0 Å². The highest BCUT2D eigenvalue weighted by molar-refractivity contribution is 5.98. The lowest BCUT2D eigenvalue weighted by Crippen LogP contribution is -2.37. The molecule has 0 radical (unpaired) electrons. The van der Waals surface area contributed by atoms with Gasteiger partial charge in [0.1, 0.15) is 6.61 Å². The quantitative estimate of drug-likeness (QED) is 0.347. The SMILES string of the molecule is CCOC(=O)COC(C(=O)OCC)C(=O)OCC. The van der Waals surface area contributed by atoms with E-state index in [1.54, 1.807) is 20.8 Å². The Hall–Kier alpha value is -1.63. The van der Waals surface area contributed by atoms with E-state index in [4.69, 9.17) is 4.74 Å². The van der Waals surface area contributed by atoms with Gasteiger partial charge in [-0.15, -0.1) is 0 Å². The number of carbonyl (C=O) groups is 3. The molecule has 0 aromatic rings. The van der Waals surface area contributed by atoms with E-state index in [0.717, 1.165) is 0 Å². The van der Waals surface area contributed by atoms with Crippen LogP contribution < -0.4 is 0 Å². The molecule has 0 N–H and O–H groups in total. The smallest absolute Gasteiger partial charge is 0.347 e. The van der Waals surface area contributed by atoms with Gasteiger partial charge in [0.15, 0.2) is 0 Å². The van der Waals surface area contributed by atoms with Crippen molar-refractivity contribution in [2.45, 2.75) is 26.9 Å². The fourth-order valence-electron chi connectivity index (χ4n) is 1.02. The summed E-state index contributed by atoms with van der Waals surface area (Å²) in [7, 11) is 0. The molecule has 0 aliphatic rings. The molecule has 104 valence electrons. The lowest BCUT2D eigenvalue weighted by atomic mass is 10.3. The largest absolute Gasteiger partial charge is 0.464 e. The van der Waals surface area contributed by atoms with Crippen LogP contribution in [0, 0.1) is 0 Å². The molecule has 0 atom stereocenters. The minimum Gasteiger partial charge on any atom is -0.464 e. The third-order valence-electron chi connectivity index (χ3n) is 1.67. The van der Waals surface area contributed by atoms with E-state index >= 15 is 0 Å². The summed E-state index contributed by atoms with van der Waals surface area (Å²) >= 11 is 0. The van der Waals surface area contributed by atoms with Crippen LogP contribution in [-0.2, 0) is 33.3 Å². The van der Waals surface area contributed by atoms with Crippen LogP contribution in [0.15, 0.2) is 0 Å². The van der Waals surface area contributed by atoms with Crippen LogP contribution >= 0.6 is 0 Å². The Morgan fingerprint density at radius 2 is 1.28 bits per heavy atom. The summed E-state index contributed by atoms with van der Waals surface area (Å²) in [5.41, 5.74) is 0. The number of hydrogen-bond donors (Lipinski definition) is 0. The second kappa shape index (κ2) is 9.41. The van der Waals surface area contributed by atoms with Crippen molar-refractivity contribution in [2.75, 3.05) is 26.4 Å². The fourth-order valence-corrected chi connectivity index (χ4v) is 1.02. The van der Waals surface area contributed by atoms with Crippen molar-refractivity contribution in [1.29, 1.82) is 0 Å². The first-order chi connectivity index (χ1) is 8.56. The van der Waals surface area contributed by atoms with Crippen molar-refractivity contribution in [1.82, 2.24) is 0 Å². The second-order valence-electron chi connectivity index (χ2n) is 3.00. The summed E-state index contributed by atoms with van der Waals surface area (Å²) in [6.45, 7) is 4.67. The average Bonchev–Trinajstić information content (AvgIpc) is 2.30. The van der Waals surface area contributed by atoms with Crippen LogP contribution in [-0.4, -0.2) is 50.4 Å². The number of ether oxygens (including phenoxy) is 4. The van der Waals surface area contributed by atoms with Crippen LogP contribution in [0.5, 0.6) is 0 Å². The Morgan fingerprint density at radius 1 is 0.833 bits per heavy atom. The molecular formula is C11H18O7. The highest BCUT2D eigenvalue weighted by Crippen LogP contribution is 2.00. The zero-order chi connectivity index (χ0) is 14.0. The summed E-state index contributed by atoms with van der Waals surface area (Å²) in [4.78, 5) is 33.9. The first kappa shape index (κ1) is 16.4. The molecule has 0 rings (SSSR count). The minimum absolute atomic E-state index is 0.0947. The van der Waals surface area contributed by atoms with Crippen molar-refractivity contribution in [3.05, 3.63) is 0 Å². The Morgan fingerprint density at radius 3 is 1.67 bits per heavy atom. The van der Waals surface area contributed by atoms with Crippen LogP contribution in [0.3, 0.4) is 0 Å². The summed E-state index contributed by atoms with van der Waals surface area (Å²) < 4.78 is 18.8. The molecule has 0 aromatic carbocycles. The summed E-state index contributed by atoms with van der Waals surface area (Å²) in [5.74, 6) is -2.45. The van der Waals surface area contributed by atoms with Crippen molar-refractivity contribution in [3.8, 4) is 0 Å². The molecule has 0 aromatic heterocycles. The van der Waals surface area contributed by atoms with Gasteiger partial charge >= 0.3 is 17.9 Å². The number of rotatable bonds is 8.